The monoisotopic (exact) mass is 400 g/mol. The summed E-state index contributed by atoms with van der Waals surface area (Å²) in [7, 11) is 0. The summed E-state index contributed by atoms with van der Waals surface area (Å²) in [5, 5.41) is 3.16. The lowest BCUT2D eigenvalue weighted by molar-refractivity contribution is 0.0527. The molecule has 0 saturated carbocycles. The number of carbonyl (C=O) groups excluding carboxylic acids is 3. The lowest BCUT2D eigenvalue weighted by Crippen LogP contribution is -2.27. The highest BCUT2D eigenvalue weighted by atomic mass is 32.1. The number of thiophene rings is 1. The fraction of sp³-hybridized carbons (Fsp3) is 0.381. The van der Waals surface area contributed by atoms with E-state index >= 15 is 0 Å². The molecule has 1 aliphatic heterocycles. The second kappa shape index (κ2) is 8.56. The van der Waals surface area contributed by atoms with Gasteiger partial charge in [0.15, 0.2) is 0 Å². The van der Waals surface area contributed by atoms with Gasteiger partial charge >= 0.3 is 5.97 Å². The third kappa shape index (κ3) is 4.09. The first-order valence-electron chi connectivity index (χ1n) is 9.40. The van der Waals surface area contributed by atoms with Crippen LogP contribution in [0.15, 0.2) is 24.3 Å². The molecule has 0 atom stereocenters. The first-order valence-corrected chi connectivity index (χ1v) is 10.2. The van der Waals surface area contributed by atoms with Gasteiger partial charge in [-0.25, -0.2) is 4.79 Å². The number of aryl methyl sites for hydroxylation is 1. The number of benzene rings is 1. The molecule has 0 bridgehead atoms. The SMILES string of the molecule is CCOC(=O)c1c(NC(=O)c2cccc(C)c2)sc(C(=O)N2CCCC2)c1C. The van der Waals surface area contributed by atoms with Gasteiger partial charge in [-0.3, -0.25) is 9.59 Å². The van der Waals surface area contributed by atoms with Crippen LogP contribution in [0.2, 0.25) is 0 Å². The van der Waals surface area contributed by atoms with E-state index in [0.717, 1.165) is 42.8 Å². The highest BCUT2D eigenvalue weighted by Gasteiger charge is 2.30. The van der Waals surface area contributed by atoms with Crippen molar-refractivity contribution in [1.29, 1.82) is 0 Å². The lowest BCUT2D eigenvalue weighted by Gasteiger charge is -2.14. The Bertz CT molecular complexity index is 913. The van der Waals surface area contributed by atoms with Crippen LogP contribution < -0.4 is 5.32 Å². The average molecular weight is 401 g/mol. The average Bonchev–Trinajstić information content (AvgIpc) is 3.30. The topological polar surface area (TPSA) is 75.7 Å². The van der Waals surface area contributed by atoms with Crippen molar-refractivity contribution in [2.75, 3.05) is 25.0 Å². The van der Waals surface area contributed by atoms with E-state index in [1.165, 1.54) is 0 Å². The van der Waals surface area contributed by atoms with Crippen LogP contribution in [0.3, 0.4) is 0 Å². The van der Waals surface area contributed by atoms with Gasteiger partial charge in [0.1, 0.15) is 5.00 Å². The predicted octanol–water partition coefficient (Wildman–Crippen LogP) is 4.03. The number of hydrogen-bond donors (Lipinski definition) is 1. The number of nitrogens with one attached hydrogen (secondary N) is 1. The Morgan fingerprint density at radius 3 is 2.54 bits per heavy atom. The van der Waals surface area contributed by atoms with E-state index in [-0.39, 0.29) is 24.0 Å². The summed E-state index contributed by atoms with van der Waals surface area (Å²) in [6.07, 6.45) is 1.97. The number of amides is 2. The maximum atomic E-state index is 12.9. The van der Waals surface area contributed by atoms with Crippen molar-refractivity contribution < 1.29 is 19.1 Å². The minimum absolute atomic E-state index is 0.0957. The van der Waals surface area contributed by atoms with Crippen LogP contribution in [0, 0.1) is 13.8 Å². The van der Waals surface area contributed by atoms with Gasteiger partial charge in [0.25, 0.3) is 11.8 Å². The molecule has 1 aromatic carbocycles. The Balaban J connectivity index is 1.96. The molecule has 1 saturated heterocycles. The molecule has 0 radical (unpaired) electrons. The van der Waals surface area contributed by atoms with Crippen molar-refractivity contribution in [3.63, 3.8) is 0 Å². The van der Waals surface area contributed by atoms with Crippen molar-refractivity contribution in [1.82, 2.24) is 4.90 Å². The second-order valence-electron chi connectivity index (χ2n) is 6.80. The van der Waals surface area contributed by atoms with Gasteiger partial charge in [0.05, 0.1) is 17.0 Å². The molecule has 2 heterocycles. The van der Waals surface area contributed by atoms with E-state index in [0.29, 0.717) is 21.0 Å². The molecule has 0 spiro atoms. The van der Waals surface area contributed by atoms with Gasteiger partial charge in [-0.2, -0.15) is 0 Å². The fourth-order valence-electron chi connectivity index (χ4n) is 3.28. The molecular formula is C21H24N2O4S. The van der Waals surface area contributed by atoms with Crippen LogP contribution in [0.5, 0.6) is 0 Å². The summed E-state index contributed by atoms with van der Waals surface area (Å²) in [6, 6.07) is 7.20. The maximum absolute atomic E-state index is 12.9. The zero-order valence-electron chi connectivity index (χ0n) is 16.3. The molecule has 1 aromatic heterocycles. The smallest absolute Gasteiger partial charge is 0.341 e. The molecule has 3 rings (SSSR count). The predicted molar refractivity (Wildman–Crippen MR) is 109 cm³/mol. The number of esters is 1. The number of anilines is 1. The molecule has 1 aliphatic rings. The Labute approximate surface area is 168 Å². The molecule has 7 heteroatoms. The Hall–Kier alpha value is -2.67. The van der Waals surface area contributed by atoms with Gasteiger partial charge in [-0.05, 0) is 51.3 Å². The normalized spacial score (nSPS) is 13.5. The Morgan fingerprint density at radius 1 is 1.18 bits per heavy atom. The highest BCUT2D eigenvalue weighted by Crippen LogP contribution is 2.35. The van der Waals surface area contributed by atoms with Crippen molar-refractivity contribution in [3.05, 3.63) is 51.4 Å². The summed E-state index contributed by atoms with van der Waals surface area (Å²) in [5.41, 5.74) is 2.27. The molecule has 1 N–H and O–H groups in total. The van der Waals surface area contributed by atoms with Crippen molar-refractivity contribution in [3.8, 4) is 0 Å². The molecule has 2 amide bonds. The van der Waals surface area contributed by atoms with Gasteiger partial charge in [-0.1, -0.05) is 17.7 Å². The number of rotatable bonds is 5. The van der Waals surface area contributed by atoms with E-state index in [4.69, 9.17) is 4.74 Å². The van der Waals surface area contributed by atoms with Crippen molar-refractivity contribution in [2.45, 2.75) is 33.6 Å². The number of likely N-dealkylation sites (tertiary alicyclic amines) is 1. The summed E-state index contributed by atoms with van der Waals surface area (Å²) in [4.78, 5) is 40.4. The van der Waals surface area contributed by atoms with Crippen LogP contribution >= 0.6 is 11.3 Å². The fourth-order valence-corrected chi connectivity index (χ4v) is 4.44. The minimum atomic E-state index is -0.531. The molecule has 0 aliphatic carbocycles. The number of hydrogen-bond acceptors (Lipinski definition) is 5. The standard InChI is InChI=1S/C21H24N2O4S/c1-4-27-21(26)16-14(3)17(20(25)23-10-5-6-11-23)28-19(16)22-18(24)15-9-7-8-13(2)12-15/h7-9,12H,4-6,10-11H2,1-3H3,(H,22,24). The summed E-state index contributed by atoms with van der Waals surface area (Å²) in [5.74, 6) is -0.950. The summed E-state index contributed by atoms with van der Waals surface area (Å²) < 4.78 is 5.17. The lowest BCUT2D eigenvalue weighted by atomic mass is 10.1. The summed E-state index contributed by atoms with van der Waals surface area (Å²) in [6.45, 7) is 7.01. The number of carbonyl (C=O) groups is 3. The Kier molecular flexibility index (Phi) is 6.14. The van der Waals surface area contributed by atoms with Crippen LogP contribution in [0.1, 0.15) is 61.3 Å². The quantitative estimate of drug-likeness (QED) is 0.769. The van der Waals surface area contributed by atoms with Gasteiger partial charge in [-0.15, -0.1) is 11.3 Å². The largest absolute Gasteiger partial charge is 0.462 e. The third-order valence-electron chi connectivity index (χ3n) is 4.72. The highest BCUT2D eigenvalue weighted by molar-refractivity contribution is 7.18. The minimum Gasteiger partial charge on any atom is -0.462 e. The van der Waals surface area contributed by atoms with Gasteiger partial charge in [0.2, 0.25) is 0 Å². The van der Waals surface area contributed by atoms with Crippen LogP contribution in [0.4, 0.5) is 5.00 Å². The first kappa shape index (κ1) is 20.1. The van der Waals surface area contributed by atoms with Crippen LogP contribution in [-0.4, -0.2) is 42.4 Å². The molecule has 6 nitrogen and oxygen atoms in total. The van der Waals surface area contributed by atoms with Crippen molar-refractivity contribution in [2.24, 2.45) is 0 Å². The first-order chi connectivity index (χ1) is 13.4. The summed E-state index contributed by atoms with van der Waals surface area (Å²) >= 11 is 1.14. The van der Waals surface area contributed by atoms with Crippen LogP contribution in [-0.2, 0) is 4.74 Å². The maximum Gasteiger partial charge on any atom is 0.341 e. The van der Waals surface area contributed by atoms with Gasteiger partial charge < -0.3 is 15.0 Å². The molecule has 2 aromatic rings. The van der Waals surface area contributed by atoms with Crippen LogP contribution in [0.25, 0.3) is 0 Å². The van der Waals surface area contributed by atoms with Gasteiger partial charge in [0, 0.05) is 18.7 Å². The van der Waals surface area contributed by atoms with E-state index < -0.39 is 5.97 Å². The van der Waals surface area contributed by atoms with E-state index in [1.807, 2.05) is 13.0 Å². The number of ether oxygens (including phenoxy) is 1. The number of nitrogens with zero attached hydrogens (tertiary/aromatic N) is 1. The molecular weight excluding hydrogens is 376 g/mol. The third-order valence-corrected chi connectivity index (χ3v) is 5.92. The molecule has 0 unspecified atom stereocenters. The molecule has 148 valence electrons. The van der Waals surface area contributed by atoms with Crippen molar-refractivity contribution >= 4 is 34.1 Å². The molecule has 1 fully saturated rings. The van der Waals surface area contributed by atoms with E-state index in [9.17, 15) is 14.4 Å². The zero-order valence-corrected chi connectivity index (χ0v) is 17.1. The molecule has 28 heavy (non-hydrogen) atoms. The second-order valence-corrected chi connectivity index (χ2v) is 7.82. The Morgan fingerprint density at radius 2 is 1.89 bits per heavy atom. The van der Waals surface area contributed by atoms with E-state index in [1.54, 1.807) is 36.9 Å². The zero-order chi connectivity index (χ0) is 20.3. The van der Waals surface area contributed by atoms with E-state index in [2.05, 4.69) is 5.32 Å².